The highest BCUT2D eigenvalue weighted by Gasteiger charge is 2.41. The van der Waals surface area contributed by atoms with E-state index in [1.54, 1.807) is 49.4 Å². The SMILES string of the molecule is Cc1ccccc1-n1ncc(C(=O)NC2CCOc3ccccc32)c1C(F)(F)F. The van der Waals surface area contributed by atoms with Crippen molar-refractivity contribution in [2.75, 3.05) is 6.61 Å². The Bertz CT molecular complexity index is 1060. The van der Waals surface area contributed by atoms with E-state index in [1.807, 2.05) is 0 Å². The maximum absolute atomic E-state index is 13.9. The Morgan fingerprint density at radius 2 is 1.90 bits per heavy atom. The van der Waals surface area contributed by atoms with Gasteiger partial charge in [-0.2, -0.15) is 18.3 Å². The van der Waals surface area contributed by atoms with E-state index in [2.05, 4.69) is 10.4 Å². The normalized spacial score (nSPS) is 16.1. The Balaban J connectivity index is 1.71. The summed E-state index contributed by atoms with van der Waals surface area (Å²) >= 11 is 0. The van der Waals surface area contributed by atoms with Crippen LogP contribution < -0.4 is 10.1 Å². The molecule has 3 aromatic rings. The highest BCUT2D eigenvalue weighted by molar-refractivity contribution is 5.95. The van der Waals surface area contributed by atoms with Gasteiger partial charge in [-0.3, -0.25) is 4.79 Å². The highest BCUT2D eigenvalue weighted by Crippen LogP contribution is 2.36. The number of aromatic nitrogens is 2. The van der Waals surface area contributed by atoms with E-state index in [9.17, 15) is 18.0 Å². The maximum atomic E-state index is 13.9. The molecule has 1 amide bonds. The molecule has 2 heterocycles. The fourth-order valence-corrected chi connectivity index (χ4v) is 3.50. The van der Waals surface area contributed by atoms with Gasteiger partial charge in [-0.1, -0.05) is 36.4 Å². The van der Waals surface area contributed by atoms with Crippen LogP contribution >= 0.6 is 0 Å². The standard InChI is InChI=1S/C21H18F3N3O2/c1-13-6-2-4-8-17(13)27-19(21(22,23)24)15(12-25-27)20(28)26-16-10-11-29-18-9-5-3-7-14(16)18/h2-9,12,16H,10-11H2,1H3,(H,26,28). The van der Waals surface area contributed by atoms with Crippen molar-refractivity contribution in [1.29, 1.82) is 0 Å². The first-order valence-electron chi connectivity index (χ1n) is 9.10. The molecule has 4 rings (SSSR count). The molecule has 0 saturated carbocycles. The van der Waals surface area contributed by atoms with Gasteiger partial charge in [0.05, 0.1) is 30.1 Å². The van der Waals surface area contributed by atoms with Crippen LogP contribution in [0.5, 0.6) is 5.75 Å². The molecule has 0 spiro atoms. The van der Waals surface area contributed by atoms with Crippen molar-refractivity contribution in [2.24, 2.45) is 0 Å². The molecule has 1 aliphatic rings. The lowest BCUT2D eigenvalue weighted by molar-refractivity contribution is -0.143. The van der Waals surface area contributed by atoms with Gasteiger partial charge in [0.2, 0.25) is 0 Å². The van der Waals surface area contributed by atoms with E-state index in [4.69, 9.17) is 4.74 Å². The number of amides is 1. The number of carbonyl (C=O) groups is 1. The van der Waals surface area contributed by atoms with Crippen molar-refractivity contribution >= 4 is 5.91 Å². The molecule has 1 N–H and O–H groups in total. The van der Waals surface area contributed by atoms with Gasteiger partial charge in [0.15, 0.2) is 5.69 Å². The van der Waals surface area contributed by atoms with Crippen LogP contribution in [0.2, 0.25) is 0 Å². The first-order valence-corrected chi connectivity index (χ1v) is 9.10. The molecule has 0 saturated heterocycles. The molecule has 29 heavy (non-hydrogen) atoms. The van der Waals surface area contributed by atoms with Crippen LogP contribution in [-0.4, -0.2) is 22.3 Å². The molecule has 8 heteroatoms. The van der Waals surface area contributed by atoms with Crippen molar-refractivity contribution in [3.63, 3.8) is 0 Å². The van der Waals surface area contributed by atoms with Crippen LogP contribution in [0.1, 0.15) is 39.6 Å². The van der Waals surface area contributed by atoms with Gasteiger partial charge >= 0.3 is 6.18 Å². The Labute approximate surface area is 165 Å². The summed E-state index contributed by atoms with van der Waals surface area (Å²) in [6.07, 6.45) is -3.31. The van der Waals surface area contributed by atoms with Crippen molar-refractivity contribution in [1.82, 2.24) is 15.1 Å². The second-order valence-electron chi connectivity index (χ2n) is 6.80. The smallest absolute Gasteiger partial charge is 0.434 e. The van der Waals surface area contributed by atoms with Crippen molar-refractivity contribution < 1.29 is 22.7 Å². The summed E-state index contributed by atoms with van der Waals surface area (Å²) in [6, 6.07) is 13.3. The minimum atomic E-state index is -4.75. The third kappa shape index (κ3) is 3.57. The fraction of sp³-hybridized carbons (Fsp3) is 0.238. The molecule has 5 nitrogen and oxygen atoms in total. The van der Waals surface area contributed by atoms with Crippen molar-refractivity contribution in [3.8, 4) is 11.4 Å². The van der Waals surface area contributed by atoms with Gasteiger partial charge in [-0.05, 0) is 24.6 Å². The van der Waals surface area contributed by atoms with Gasteiger partial charge in [-0.25, -0.2) is 4.68 Å². The van der Waals surface area contributed by atoms with E-state index in [-0.39, 0.29) is 5.69 Å². The summed E-state index contributed by atoms with van der Waals surface area (Å²) in [4.78, 5) is 12.8. The Morgan fingerprint density at radius 1 is 1.17 bits per heavy atom. The number of fused-ring (bicyclic) bond motifs is 1. The summed E-state index contributed by atoms with van der Waals surface area (Å²) in [5, 5.41) is 6.59. The lowest BCUT2D eigenvalue weighted by Crippen LogP contribution is -2.33. The van der Waals surface area contributed by atoms with Gasteiger partial charge < -0.3 is 10.1 Å². The number of rotatable bonds is 3. The summed E-state index contributed by atoms with van der Waals surface area (Å²) < 4.78 is 48.0. The number of nitrogens with one attached hydrogen (secondary N) is 1. The van der Waals surface area contributed by atoms with Gasteiger partial charge in [-0.15, -0.1) is 0 Å². The topological polar surface area (TPSA) is 56.2 Å². The summed E-state index contributed by atoms with van der Waals surface area (Å²) in [5.74, 6) is -0.199. The molecule has 150 valence electrons. The first kappa shape index (κ1) is 19.0. The van der Waals surface area contributed by atoms with E-state index >= 15 is 0 Å². The highest BCUT2D eigenvalue weighted by atomic mass is 19.4. The van der Waals surface area contributed by atoms with Crippen LogP contribution in [0.3, 0.4) is 0 Å². The number of alkyl halides is 3. The largest absolute Gasteiger partial charge is 0.493 e. The number of benzene rings is 2. The molecule has 2 aromatic carbocycles. The van der Waals surface area contributed by atoms with Crippen LogP contribution in [0.4, 0.5) is 13.2 Å². The van der Waals surface area contributed by atoms with E-state index in [0.717, 1.165) is 16.4 Å². The third-order valence-electron chi connectivity index (χ3n) is 4.89. The Kier molecular flexibility index (Phi) is 4.77. The molecule has 1 aliphatic heterocycles. The molecule has 0 fully saturated rings. The van der Waals surface area contributed by atoms with Gasteiger partial charge in [0, 0.05) is 12.0 Å². The molecule has 0 radical (unpaired) electrons. The van der Waals surface area contributed by atoms with Gasteiger partial charge in [0.25, 0.3) is 5.91 Å². The fourth-order valence-electron chi connectivity index (χ4n) is 3.50. The van der Waals surface area contributed by atoms with Crippen LogP contribution in [0.25, 0.3) is 5.69 Å². The number of halogens is 3. The number of ether oxygens (including phenoxy) is 1. The predicted molar refractivity (Wildman–Crippen MR) is 100 cm³/mol. The van der Waals surface area contributed by atoms with Crippen LogP contribution in [0.15, 0.2) is 54.7 Å². The number of aryl methyl sites for hydroxylation is 1. The average molecular weight is 401 g/mol. The van der Waals surface area contributed by atoms with Crippen molar-refractivity contribution in [3.05, 3.63) is 77.1 Å². The zero-order chi connectivity index (χ0) is 20.6. The lowest BCUT2D eigenvalue weighted by atomic mass is 10.00. The van der Waals surface area contributed by atoms with E-state index < -0.39 is 29.4 Å². The number of hydrogen-bond acceptors (Lipinski definition) is 3. The van der Waals surface area contributed by atoms with Crippen molar-refractivity contribution in [2.45, 2.75) is 25.6 Å². The molecular formula is C21H18F3N3O2. The molecular weight excluding hydrogens is 383 g/mol. The summed E-state index contributed by atoms with van der Waals surface area (Å²) in [5.41, 5.74) is 0.0306. The Morgan fingerprint density at radius 3 is 2.66 bits per heavy atom. The zero-order valence-corrected chi connectivity index (χ0v) is 15.5. The minimum Gasteiger partial charge on any atom is -0.493 e. The summed E-state index contributed by atoms with van der Waals surface area (Å²) in [7, 11) is 0. The Hall–Kier alpha value is -3.29. The maximum Gasteiger partial charge on any atom is 0.434 e. The van der Waals surface area contributed by atoms with Crippen LogP contribution in [0, 0.1) is 6.92 Å². The first-order chi connectivity index (χ1) is 13.9. The average Bonchev–Trinajstić information content (AvgIpc) is 3.14. The van der Waals surface area contributed by atoms with Gasteiger partial charge in [0.1, 0.15) is 5.75 Å². The number of nitrogens with zero attached hydrogens (tertiary/aromatic N) is 2. The molecule has 1 aromatic heterocycles. The minimum absolute atomic E-state index is 0.273. The van der Waals surface area contributed by atoms with E-state index in [0.29, 0.717) is 24.3 Å². The monoisotopic (exact) mass is 401 g/mol. The second kappa shape index (κ2) is 7.27. The summed E-state index contributed by atoms with van der Waals surface area (Å²) in [6.45, 7) is 2.06. The molecule has 0 bridgehead atoms. The number of carbonyl (C=O) groups excluding carboxylic acids is 1. The second-order valence-corrected chi connectivity index (χ2v) is 6.80. The predicted octanol–water partition coefficient (Wildman–Crippen LogP) is 4.45. The third-order valence-corrected chi connectivity index (χ3v) is 4.89. The molecule has 1 atom stereocenters. The number of hydrogen-bond donors (Lipinski definition) is 1. The quantitative estimate of drug-likeness (QED) is 0.705. The van der Waals surface area contributed by atoms with Crippen LogP contribution in [-0.2, 0) is 6.18 Å². The number of para-hydroxylation sites is 2. The zero-order valence-electron chi connectivity index (χ0n) is 15.5. The molecule has 0 aliphatic carbocycles. The van der Waals surface area contributed by atoms with E-state index in [1.165, 1.54) is 6.07 Å². The lowest BCUT2D eigenvalue weighted by Gasteiger charge is -2.26. The molecule has 1 unspecified atom stereocenters.